The molecule has 1 aliphatic heterocycles. The highest BCUT2D eigenvalue weighted by Crippen LogP contribution is 2.49. The third kappa shape index (κ3) is 3.49. The van der Waals surface area contributed by atoms with Crippen LogP contribution in [-0.2, 0) is 0 Å². The van der Waals surface area contributed by atoms with Crippen LogP contribution in [0.2, 0.25) is 0 Å². The molecule has 4 aromatic heterocycles. The minimum atomic E-state index is 0.124. The summed E-state index contributed by atoms with van der Waals surface area (Å²) in [6.45, 7) is 0. The molecule has 212 valence electrons. The van der Waals surface area contributed by atoms with E-state index in [4.69, 9.17) is 14.4 Å². The Morgan fingerprint density at radius 3 is 2.36 bits per heavy atom. The molecule has 2 aliphatic rings. The van der Waals surface area contributed by atoms with Crippen LogP contribution in [0.15, 0.2) is 150 Å². The van der Waals surface area contributed by atoms with Gasteiger partial charge in [-0.3, -0.25) is 9.97 Å². The molecule has 0 amide bonds. The fourth-order valence-electron chi connectivity index (χ4n) is 7.46. The van der Waals surface area contributed by atoms with Crippen molar-refractivity contribution in [2.45, 2.75) is 12.0 Å². The first kappa shape index (κ1) is 24.5. The van der Waals surface area contributed by atoms with E-state index < -0.39 is 0 Å². The number of hydrogen-bond donors (Lipinski definition) is 0. The standard InChI is InChI=1S/C40H26N4O/c1-2-10-27(11-3-1)43-33-19-18-25(22-31(33)39-34(43)15-8-21-42-39)26-23-30-28-12-5-7-17-37(28)45-40(30)36(24-26)44-32-14-6-4-13-29(32)38-35(44)16-9-20-41-38/h1-24,31,33H. The predicted molar refractivity (Wildman–Crippen MR) is 182 cm³/mol. The van der Waals surface area contributed by atoms with E-state index in [-0.39, 0.29) is 12.0 Å². The molecule has 8 aromatic rings. The van der Waals surface area contributed by atoms with E-state index >= 15 is 0 Å². The van der Waals surface area contributed by atoms with Gasteiger partial charge < -0.3 is 13.9 Å². The Labute approximate surface area is 259 Å². The fourth-order valence-corrected chi connectivity index (χ4v) is 7.46. The third-order valence-corrected chi connectivity index (χ3v) is 9.38. The molecule has 0 N–H and O–H groups in total. The highest BCUT2D eigenvalue weighted by molar-refractivity contribution is 6.12. The lowest BCUT2D eigenvalue weighted by molar-refractivity contribution is 0.666. The number of anilines is 2. The van der Waals surface area contributed by atoms with Gasteiger partial charge in [-0.1, -0.05) is 72.8 Å². The SMILES string of the molecule is C1=CC2C(C=C1c1cc(-n3c4ccccc4c4ncccc43)c3oc4ccccc4c3c1)c1ncccc1N2c1ccccc1. The molecule has 5 heterocycles. The topological polar surface area (TPSA) is 47.1 Å². The summed E-state index contributed by atoms with van der Waals surface area (Å²) in [6, 6.07) is 40.5. The second-order valence-corrected chi connectivity index (χ2v) is 11.8. The van der Waals surface area contributed by atoms with Crippen molar-refractivity contribution in [1.82, 2.24) is 14.5 Å². The van der Waals surface area contributed by atoms with Gasteiger partial charge in [-0.15, -0.1) is 0 Å². The van der Waals surface area contributed by atoms with Gasteiger partial charge in [0.25, 0.3) is 0 Å². The predicted octanol–water partition coefficient (Wildman–Crippen LogP) is 9.73. The summed E-state index contributed by atoms with van der Waals surface area (Å²) in [6.07, 6.45) is 10.8. The molecule has 1 aliphatic carbocycles. The molecule has 5 nitrogen and oxygen atoms in total. The monoisotopic (exact) mass is 578 g/mol. The molecule has 0 saturated carbocycles. The number of para-hydroxylation sites is 3. The highest BCUT2D eigenvalue weighted by atomic mass is 16.3. The number of aromatic nitrogens is 3. The summed E-state index contributed by atoms with van der Waals surface area (Å²) in [7, 11) is 0. The second kappa shape index (κ2) is 9.28. The molecule has 0 spiro atoms. The number of pyridine rings is 2. The Morgan fingerprint density at radius 1 is 0.644 bits per heavy atom. The maximum atomic E-state index is 6.63. The van der Waals surface area contributed by atoms with Gasteiger partial charge in [0, 0.05) is 40.2 Å². The molecule has 5 heteroatoms. The highest BCUT2D eigenvalue weighted by Gasteiger charge is 2.39. The number of fused-ring (bicyclic) bond motifs is 9. The summed E-state index contributed by atoms with van der Waals surface area (Å²) in [4.78, 5) is 12.1. The molecule has 0 radical (unpaired) electrons. The van der Waals surface area contributed by atoms with E-state index in [2.05, 4.69) is 125 Å². The van der Waals surface area contributed by atoms with Gasteiger partial charge >= 0.3 is 0 Å². The van der Waals surface area contributed by atoms with Gasteiger partial charge in [-0.25, -0.2) is 0 Å². The van der Waals surface area contributed by atoms with Crippen LogP contribution in [-0.4, -0.2) is 20.6 Å². The smallest absolute Gasteiger partial charge is 0.159 e. The average molecular weight is 579 g/mol. The van der Waals surface area contributed by atoms with Crippen LogP contribution in [0.25, 0.3) is 55.1 Å². The maximum absolute atomic E-state index is 6.63. The molecule has 0 saturated heterocycles. The first-order valence-electron chi connectivity index (χ1n) is 15.3. The number of allylic oxidation sites excluding steroid dienone is 2. The normalized spacial score (nSPS) is 17.3. The van der Waals surface area contributed by atoms with Crippen molar-refractivity contribution < 1.29 is 4.42 Å². The first-order chi connectivity index (χ1) is 22.3. The van der Waals surface area contributed by atoms with Crippen LogP contribution < -0.4 is 4.90 Å². The third-order valence-electron chi connectivity index (χ3n) is 9.38. The van der Waals surface area contributed by atoms with Gasteiger partial charge in [0.1, 0.15) is 5.58 Å². The van der Waals surface area contributed by atoms with E-state index in [1.807, 2.05) is 30.6 Å². The summed E-state index contributed by atoms with van der Waals surface area (Å²) in [5.41, 5.74) is 11.7. The first-order valence-corrected chi connectivity index (χ1v) is 15.3. The summed E-state index contributed by atoms with van der Waals surface area (Å²) >= 11 is 0. The molecular weight excluding hydrogens is 552 g/mol. The van der Waals surface area contributed by atoms with Gasteiger partial charge in [-0.2, -0.15) is 0 Å². The van der Waals surface area contributed by atoms with Crippen molar-refractivity contribution in [3.63, 3.8) is 0 Å². The molecule has 2 atom stereocenters. The lowest BCUT2D eigenvalue weighted by atomic mass is 9.87. The molecule has 0 fully saturated rings. The van der Waals surface area contributed by atoms with E-state index in [0.29, 0.717) is 0 Å². The van der Waals surface area contributed by atoms with E-state index in [9.17, 15) is 0 Å². The zero-order valence-corrected chi connectivity index (χ0v) is 24.2. The molecular formula is C40H26N4O. The Kier molecular flexibility index (Phi) is 5.05. The molecule has 0 bridgehead atoms. The van der Waals surface area contributed by atoms with Crippen LogP contribution in [0.5, 0.6) is 0 Å². The average Bonchev–Trinajstić information content (AvgIpc) is 3.76. The van der Waals surface area contributed by atoms with Crippen LogP contribution >= 0.6 is 0 Å². The number of hydrogen-bond acceptors (Lipinski definition) is 4. The van der Waals surface area contributed by atoms with E-state index in [1.54, 1.807) is 0 Å². The molecule has 2 unspecified atom stereocenters. The number of benzene rings is 4. The van der Waals surface area contributed by atoms with Crippen LogP contribution in [0, 0.1) is 0 Å². The largest absolute Gasteiger partial charge is 0.454 e. The summed E-state index contributed by atoms with van der Waals surface area (Å²) < 4.78 is 8.94. The Hall–Kier alpha value is -5.94. The van der Waals surface area contributed by atoms with Crippen molar-refractivity contribution in [3.05, 3.63) is 157 Å². The quantitative estimate of drug-likeness (QED) is 0.209. The van der Waals surface area contributed by atoms with Crippen molar-refractivity contribution in [3.8, 4) is 5.69 Å². The van der Waals surface area contributed by atoms with Crippen LogP contribution in [0.3, 0.4) is 0 Å². The number of nitrogens with zero attached hydrogens (tertiary/aromatic N) is 4. The summed E-state index contributed by atoms with van der Waals surface area (Å²) in [5.74, 6) is 0.124. The lowest BCUT2D eigenvalue weighted by Gasteiger charge is -2.29. The Morgan fingerprint density at radius 2 is 1.42 bits per heavy atom. The van der Waals surface area contributed by atoms with Crippen LogP contribution in [0.1, 0.15) is 17.2 Å². The van der Waals surface area contributed by atoms with Crippen molar-refractivity contribution in [1.29, 1.82) is 0 Å². The van der Waals surface area contributed by atoms with Gasteiger partial charge in [0.15, 0.2) is 5.58 Å². The Balaban J connectivity index is 1.22. The van der Waals surface area contributed by atoms with E-state index in [0.717, 1.165) is 66.5 Å². The van der Waals surface area contributed by atoms with Gasteiger partial charge in [0.05, 0.1) is 39.7 Å². The van der Waals surface area contributed by atoms with Crippen molar-refractivity contribution in [2.75, 3.05) is 4.90 Å². The maximum Gasteiger partial charge on any atom is 0.159 e. The number of furan rings is 1. The lowest BCUT2D eigenvalue weighted by Crippen LogP contribution is -2.28. The molecule has 10 rings (SSSR count). The van der Waals surface area contributed by atoms with E-state index in [1.165, 1.54) is 11.3 Å². The molecule has 4 aromatic carbocycles. The Bertz CT molecular complexity index is 2470. The van der Waals surface area contributed by atoms with Gasteiger partial charge in [0.2, 0.25) is 0 Å². The van der Waals surface area contributed by atoms with Crippen LogP contribution in [0.4, 0.5) is 11.4 Å². The molecule has 45 heavy (non-hydrogen) atoms. The van der Waals surface area contributed by atoms with Gasteiger partial charge in [-0.05, 0) is 71.8 Å². The second-order valence-electron chi connectivity index (χ2n) is 11.8. The fraction of sp³-hybridized carbons (Fsp3) is 0.0500. The minimum absolute atomic E-state index is 0.124. The zero-order valence-electron chi connectivity index (χ0n) is 24.2. The summed E-state index contributed by atoms with van der Waals surface area (Å²) in [5, 5.41) is 3.33. The zero-order chi connectivity index (χ0) is 29.5. The number of rotatable bonds is 3. The van der Waals surface area contributed by atoms with Crippen molar-refractivity contribution in [2.24, 2.45) is 0 Å². The van der Waals surface area contributed by atoms with Crippen molar-refractivity contribution >= 4 is 60.8 Å². The minimum Gasteiger partial charge on any atom is -0.454 e.